The molecule has 0 aromatic carbocycles. The summed E-state index contributed by atoms with van der Waals surface area (Å²) in [5.74, 6) is 2.30. The topological polar surface area (TPSA) is 70.6 Å². The van der Waals surface area contributed by atoms with Crippen molar-refractivity contribution in [2.75, 3.05) is 6.54 Å². The zero-order chi connectivity index (χ0) is 16.4. The number of hydrogen-bond acceptors (Lipinski definition) is 3. The standard InChI is InChI=1S/C18H29N3O2/c1-3-4-19-16(22)5-12(2)20-21-17(23)18-9-13-6-14(10-18)8-15(7-13)11-18/h13-15H,3-11H2,1-2H3,(H,19,22)(H,21,23). The minimum absolute atomic E-state index is 0.0304. The normalized spacial score (nSPS) is 35.2. The Morgan fingerprint density at radius 1 is 1.09 bits per heavy atom. The summed E-state index contributed by atoms with van der Waals surface area (Å²) >= 11 is 0. The van der Waals surface area contributed by atoms with Gasteiger partial charge >= 0.3 is 0 Å². The highest BCUT2D eigenvalue weighted by Crippen LogP contribution is 2.60. The fourth-order valence-corrected chi connectivity index (χ4v) is 5.25. The largest absolute Gasteiger partial charge is 0.356 e. The van der Waals surface area contributed by atoms with Gasteiger partial charge in [0.05, 0.1) is 11.8 Å². The van der Waals surface area contributed by atoms with Crippen LogP contribution >= 0.6 is 0 Å². The number of rotatable bonds is 6. The molecule has 128 valence electrons. The Hall–Kier alpha value is -1.39. The molecule has 2 amide bonds. The van der Waals surface area contributed by atoms with Gasteiger partial charge in [-0.05, 0) is 69.6 Å². The summed E-state index contributed by atoms with van der Waals surface area (Å²) in [6, 6.07) is 0. The van der Waals surface area contributed by atoms with E-state index in [4.69, 9.17) is 0 Å². The second-order valence-electron chi connectivity index (χ2n) is 8.01. The van der Waals surface area contributed by atoms with Crippen molar-refractivity contribution < 1.29 is 9.59 Å². The summed E-state index contributed by atoms with van der Waals surface area (Å²) in [4.78, 5) is 24.4. The van der Waals surface area contributed by atoms with Crippen molar-refractivity contribution in [2.24, 2.45) is 28.3 Å². The van der Waals surface area contributed by atoms with E-state index in [9.17, 15) is 9.59 Å². The maximum absolute atomic E-state index is 12.7. The Labute approximate surface area is 138 Å². The number of hydrogen-bond donors (Lipinski definition) is 2. The predicted molar refractivity (Wildman–Crippen MR) is 89.8 cm³/mol. The van der Waals surface area contributed by atoms with Crippen molar-refractivity contribution in [1.29, 1.82) is 0 Å². The van der Waals surface area contributed by atoms with Gasteiger partial charge in [-0.3, -0.25) is 9.59 Å². The van der Waals surface area contributed by atoms with Crippen LogP contribution in [0.15, 0.2) is 5.10 Å². The number of nitrogens with zero attached hydrogens (tertiary/aromatic N) is 1. The van der Waals surface area contributed by atoms with E-state index in [0.717, 1.165) is 43.4 Å². The maximum atomic E-state index is 12.7. The molecular weight excluding hydrogens is 290 g/mol. The molecule has 5 heteroatoms. The van der Waals surface area contributed by atoms with Crippen LogP contribution in [0.3, 0.4) is 0 Å². The van der Waals surface area contributed by atoms with E-state index in [1.54, 1.807) is 6.92 Å². The second kappa shape index (κ2) is 6.62. The molecule has 0 aromatic rings. The molecule has 0 spiro atoms. The van der Waals surface area contributed by atoms with Gasteiger partial charge in [0.15, 0.2) is 0 Å². The van der Waals surface area contributed by atoms with Crippen LogP contribution in [0.1, 0.15) is 65.2 Å². The summed E-state index contributed by atoms with van der Waals surface area (Å²) in [5.41, 5.74) is 3.26. The van der Waals surface area contributed by atoms with Crippen molar-refractivity contribution in [3.63, 3.8) is 0 Å². The highest BCUT2D eigenvalue weighted by molar-refractivity contribution is 6.00. The zero-order valence-electron chi connectivity index (χ0n) is 14.4. The monoisotopic (exact) mass is 319 g/mol. The smallest absolute Gasteiger partial charge is 0.246 e. The van der Waals surface area contributed by atoms with Crippen LogP contribution in [-0.2, 0) is 9.59 Å². The quantitative estimate of drug-likeness (QED) is 0.583. The second-order valence-corrected chi connectivity index (χ2v) is 8.01. The lowest BCUT2D eigenvalue weighted by molar-refractivity contribution is -0.146. The van der Waals surface area contributed by atoms with E-state index in [1.807, 2.05) is 6.92 Å². The van der Waals surface area contributed by atoms with E-state index in [-0.39, 0.29) is 23.7 Å². The number of amides is 2. The van der Waals surface area contributed by atoms with Crippen LogP contribution in [0.4, 0.5) is 0 Å². The third-order valence-corrected chi connectivity index (χ3v) is 5.86. The van der Waals surface area contributed by atoms with Crippen LogP contribution in [0.2, 0.25) is 0 Å². The van der Waals surface area contributed by atoms with Crippen molar-refractivity contribution in [2.45, 2.75) is 65.2 Å². The van der Waals surface area contributed by atoms with Crippen LogP contribution in [0.5, 0.6) is 0 Å². The van der Waals surface area contributed by atoms with E-state index < -0.39 is 0 Å². The molecule has 4 saturated carbocycles. The Morgan fingerprint density at radius 2 is 1.65 bits per heavy atom. The Balaban J connectivity index is 1.55. The van der Waals surface area contributed by atoms with Crippen LogP contribution in [0.25, 0.3) is 0 Å². The average Bonchev–Trinajstić information content (AvgIpc) is 2.49. The molecule has 4 bridgehead atoms. The van der Waals surface area contributed by atoms with Gasteiger partial charge in [0, 0.05) is 12.3 Å². The molecule has 4 aliphatic rings. The molecule has 0 heterocycles. The fraction of sp³-hybridized carbons (Fsp3) is 0.833. The van der Waals surface area contributed by atoms with E-state index >= 15 is 0 Å². The zero-order valence-corrected chi connectivity index (χ0v) is 14.4. The Kier molecular flexibility index (Phi) is 4.74. The van der Waals surface area contributed by atoms with Crippen molar-refractivity contribution in [1.82, 2.24) is 10.7 Å². The molecule has 0 saturated heterocycles. The lowest BCUT2D eigenvalue weighted by Gasteiger charge is -2.55. The average molecular weight is 319 g/mol. The Bertz CT molecular complexity index is 477. The first-order valence-electron chi connectivity index (χ1n) is 9.11. The van der Waals surface area contributed by atoms with Gasteiger partial charge in [-0.25, -0.2) is 5.43 Å². The van der Waals surface area contributed by atoms with Crippen LogP contribution in [0, 0.1) is 23.2 Å². The van der Waals surface area contributed by atoms with Crippen LogP contribution < -0.4 is 10.7 Å². The number of carbonyl (C=O) groups is 2. The molecule has 0 aliphatic heterocycles. The van der Waals surface area contributed by atoms with Gasteiger partial charge in [-0.1, -0.05) is 6.92 Å². The van der Waals surface area contributed by atoms with Crippen LogP contribution in [-0.4, -0.2) is 24.1 Å². The third kappa shape index (κ3) is 3.59. The SMILES string of the molecule is CCCNC(=O)CC(C)=NNC(=O)C12CC3CC(CC(C3)C1)C2. The van der Waals surface area contributed by atoms with Gasteiger partial charge in [0.1, 0.15) is 0 Å². The van der Waals surface area contributed by atoms with E-state index in [1.165, 1.54) is 19.3 Å². The van der Waals surface area contributed by atoms with Crippen molar-refractivity contribution in [3.05, 3.63) is 0 Å². The first-order valence-corrected chi connectivity index (χ1v) is 9.11. The minimum Gasteiger partial charge on any atom is -0.356 e. The summed E-state index contributed by atoms with van der Waals surface area (Å²) in [5, 5.41) is 7.01. The number of carbonyl (C=O) groups excluding carboxylic acids is 2. The molecule has 0 aromatic heterocycles. The molecule has 23 heavy (non-hydrogen) atoms. The van der Waals surface area contributed by atoms with Gasteiger partial charge in [0.2, 0.25) is 11.8 Å². The molecular formula is C18H29N3O2. The Morgan fingerprint density at radius 3 is 2.17 bits per heavy atom. The number of hydrazone groups is 1. The van der Waals surface area contributed by atoms with Crippen molar-refractivity contribution >= 4 is 17.5 Å². The highest BCUT2D eigenvalue weighted by Gasteiger charge is 2.54. The molecule has 0 unspecified atom stereocenters. The molecule has 4 aliphatic carbocycles. The highest BCUT2D eigenvalue weighted by atomic mass is 16.2. The van der Waals surface area contributed by atoms with Crippen molar-refractivity contribution in [3.8, 4) is 0 Å². The molecule has 4 rings (SSSR count). The van der Waals surface area contributed by atoms with Gasteiger partial charge < -0.3 is 5.32 Å². The fourth-order valence-electron chi connectivity index (χ4n) is 5.25. The van der Waals surface area contributed by atoms with Gasteiger partial charge in [-0.2, -0.15) is 5.10 Å². The molecule has 4 fully saturated rings. The van der Waals surface area contributed by atoms with E-state index in [2.05, 4.69) is 15.8 Å². The summed E-state index contributed by atoms with van der Waals surface area (Å²) in [7, 11) is 0. The van der Waals surface area contributed by atoms with Gasteiger partial charge in [0.25, 0.3) is 0 Å². The molecule has 0 radical (unpaired) electrons. The molecule has 2 N–H and O–H groups in total. The van der Waals surface area contributed by atoms with E-state index in [0.29, 0.717) is 12.3 Å². The minimum atomic E-state index is -0.178. The lowest BCUT2D eigenvalue weighted by atomic mass is 9.49. The first-order chi connectivity index (χ1) is 11.0. The molecule has 5 nitrogen and oxygen atoms in total. The summed E-state index contributed by atoms with van der Waals surface area (Å²) in [6.45, 7) is 4.50. The third-order valence-electron chi connectivity index (χ3n) is 5.86. The maximum Gasteiger partial charge on any atom is 0.246 e. The molecule has 0 atom stereocenters. The predicted octanol–water partition coefficient (Wildman–Crippen LogP) is 2.61. The summed E-state index contributed by atoms with van der Waals surface area (Å²) < 4.78 is 0. The first kappa shape index (κ1) is 16.5. The number of nitrogens with one attached hydrogen (secondary N) is 2. The van der Waals surface area contributed by atoms with Gasteiger partial charge in [-0.15, -0.1) is 0 Å². The summed E-state index contributed by atoms with van der Waals surface area (Å²) in [6.07, 6.45) is 8.26. The lowest BCUT2D eigenvalue weighted by Crippen LogP contribution is -2.52.